The van der Waals surface area contributed by atoms with Gasteiger partial charge in [-0.1, -0.05) is 30.3 Å². The van der Waals surface area contributed by atoms with Crippen molar-refractivity contribution in [1.29, 1.82) is 0 Å². The van der Waals surface area contributed by atoms with E-state index in [2.05, 4.69) is 29.6 Å². The molecular weight excluding hydrogens is 158 g/mol. The zero-order chi connectivity index (χ0) is 7.94. The van der Waals surface area contributed by atoms with Crippen LogP contribution in [0.1, 0.15) is 5.56 Å². The SMILES string of the molecule is ClCC[NH2+]Cc1ccccc1. The van der Waals surface area contributed by atoms with E-state index in [0.717, 1.165) is 19.0 Å². The third kappa shape index (κ3) is 3.40. The van der Waals surface area contributed by atoms with Crippen LogP contribution in [0.4, 0.5) is 0 Å². The van der Waals surface area contributed by atoms with Gasteiger partial charge in [-0.2, -0.15) is 0 Å². The van der Waals surface area contributed by atoms with Crippen molar-refractivity contribution in [3.8, 4) is 0 Å². The first kappa shape index (κ1) is 8.57. The molecule has 1 aromatic carbocycles. The van der Waals surface area contributed by atoms with Gasteiger partial charge in [-0.3, -0.25) is 0 Å². The average molecular weight is 171 g/mol. The van der Waals surface area contributed by atoms with Crippen molar-refractivity contribution in [2.45, 2.75) is 6.54 Å². The quantitative estimate of drug-likeness (QED) is 0.513. The molecule has 0 aliphatic rings. The Morgan fingerprint density at radius 3 is 2.55 bits per heavy atom. The topological polar surface area (TPSA) is 16.6 Å². The van der Waals surface area contributed by atoms with E-state index in [0.29, 0.717) is 0 Å². The van der Waals surface area contributed by atoms with E-state index in [4.69, 9.17) is 11.6 Å². The molecule has 0 heterocycles. The second-order valence-corrected chi connectivity index (χ2v) is 2.83. The maximum atomic E-state index is 5.54. The molecule has 0 saturated heterocycles. The zero-order valence-electron chi connectivity index (χ0n) is 6.46. The lowest BCUT2D eigenvalue weighted by Crippen LogP contribution is -2.83. The summed E-state index contributed by atoms with van der Waals surface area (Å²) in [4.78, 5) is 0. The van der Waals surface area contributed by atoms with Crippen LogP contribution in [0.15, 0.2) is 30.3 Å². The first-order valence-corrected chi connectivity index (χ1v) is 4.38. The van der Waals surface area contributed by atoms with Crippen molar-refractivity contribution in [2.24, 2.45) is 0 Å². The second kappa shape index (κ2) is 5.16. The molecule has 0 atom stereocenters. The minimum absolute atomic E-state index is 0.729. The lowest BCUT2D eigenvalue weighted by molar-refractivity contribution is -0.666. The van der Waals surface area contributed by atoms with Crippen LogP contribution in [0.5, 0.6) is 0 Å². The average Bonchev–Trinajstić information content (AvgIpc) is 2.07. The minimum atomic E-state index is 0.729. The highest BCUT2D eigenvalue weighted by Crippen LogP contribution is 1.93. The lowest BCUT2D eigenvalue weighted by atomic mass is 10.2. The third-order valence-corrected chi connectivity index (χ3v) is 1.75. The molecule has 0 bridgehead atoms. The number of alkyl halides is 1. The second-order valence-electron chi connectivity index (χ2n) is 2.46. The first-order valence-electron chi connectivity index (χ1n) is 3.85. The van der Waals surface area contributed by atoms with Gasteiger partial charge in [0.25, 0.3) is 0 Å². The summed E-state index contributed by atoms with van der Waals surface area (Å²) in [7, 11) is 0. The smallest absolute Gasteiger partial charge is 0.101 e. The summed E-state index contributed by atoms with van der Waals surface area (Å²) < 4.78 is 0. The summed E-state index contributed by atoms with van der Waals surface area (Å²) in [5, 5.41) is 2.21. The van der Waals surface area contributed by atoms with Crippen LogP contribution in [0.3, 0.4) is 0 Å². The van der Waals surface area contributed by atoms with Crippen molar-refractivity contribution in [3.63, 3.8) is 0 Å². The molecule has 0 aromatic heterocycles. The maximum absolute atomic E-state index is 5.54. The maximum Gasteiger partial charge on any atom is 0.101 e. The fourth-order valence-electron chi connectivity index (χ4n) is 0.960. The Labute approximate surface area is 72.4 Å². The number of halogens is 1. The van der Waals surface area contributed by atoms with Crippen LogP contribution in [0.25, 0.3) is 0 Å². The molecule has 0 unspecified atom stereocenters. The minimum Gasteiger partial charge on any atom is -0.342 e. The first-order chi connectivity index (χ1) is 5.43. The fourth-order valence-corrected chi connectivity index (χ4v) is 1.11. The van der Waals surface area contributed by atoms with Gasteiger partial charge in [-0.25, -0.2) is 0 Å². The molecule has 11 heavy (non-hydrogen) atoms. The fraction of sp³-hybridized carbons (Fsp3) is 0.333. The van der Waals surface area contributed by atoms with Gasteiger partial charge >= 0.3 is 0 Å². The van der Waals surface area contributed by atoms with Crippen molar-refractivity contribution in [1.82, 2.24) is 0 Å². The molecule has 0 radical (unpaired) electrons. The predicted octanol–water partition coefficient (Wildman–Crippen LogP) is 0.989. The van der Waals surface area contributed by atoms with Crippen LogP contribution in [0.2, 0.25) is 0 Å². The Morgan fingerprint density at radius 2 is 1.91 bits per heavy atom. The van der Waals surface area contributed by atoms with Crippen molar-refractivity contribution < 1.29 is 5.32 Å². The van der Waals surface area contributed by atoms with E-state index in [1.165, 1.54) is 5.56 Å². The van der Waals surface area contributed by atoms with Gasteiger partial charge in [0.2, 0.25) is 0 Å². The molecule has 0 aliphatic heterocycles. The standard InChI is InChI=1S/C9H12ClN/c10-6-7-11-8-9-4-2-1-3-5-9/h1-5,11H,6-8H2/p+1. The molecule has 1 aromatic rings. The Bertz CT molecular complexity index is 186. The third-order valence-electron chi connectivity index (χ3n) is 1.54. The molecule has 0 aliphatic carbocycles. The molecule has 0 amide bonds. The molecular formula is C9H13ClN+. The normalized spacial score (nSPS) is 9.91. The zero-order valence-corrected chi connectivity index (χ0v) is 7.22. The van der Waals surface area contributed by atoms with E-state index >= 15 is 0 Å². The van der Waals surface area contributed by atoms with E-state index < -0.39 is 0 Å². The monoisotopic (exact) mass is 170 g/mol. The van der Waals surface area contributed by atoms with Crippen LogP contribution in [-0.2, 0) is 6.54 Å². The predicted molar refractivity (Wildman–Crippen MR) is 47.7 cm³/mol. The van der Waals surface area contributed by atoms with Gasteiger partial charge in [-0.15, -0.1) is 11.6 Å². The number of nitrogens with two attached hydrogens (primary N) is 1. The van der Waals surface area contributed by atoms with E-state index in [1.54, 1.807) is 0 Å². The molecule has 0 spiro atoms. The van der Waals surface area contributed by atoms with Crippen LogP contribution < -0.4 is 5.32 Å². The van der Waals surface area contributed by atoms with E-state index in [1.807, 2.05) is 6.07 Å². The molecule has 60 valence electrons. The van der Waals surface area contributed by atoms with Gasteiger partial charge in [0.15, 0.2) is 0 Å². The summed E-state index contributed by atoms with van der Waals surface area (Å²) >= 11 is 5.54. The number of quaternary nitrogens is 1. The molecule has 0 saturated carbocycles. The molecule has 2 N–H and O–H groups in total. The van der Waals surface area contributed by atoms with Gasteiger partial charge in [0, 0.05) is 5.56 Å². The summed E-state index contributed by atoms with van der Waals surface area (Å²) in [6.45, 7) is 2.03. The largest absolute Gasteiger partial charge is 0.342 e. The molecule has 0 fully saturated rings. The Kier molecular flexibility index (Phi) is 4.02. The summed E-state index contributed by atoms with van der Waals surface area (Å²) in [6, 6.07) is 10.4. The van der Waals surface area contributed by atoms with Crippen LogP contribution in [0, 0.1) is 0 Å². The number of hydrogen-bond donors (Lipinski definition) is 1. The van der Waals surface area contributed by atoms with Crippen molar-refractivity contribution >= 4 is 11.6 Å². The molecule has 1 nitrogen and oxygen atoms in total. The number of hydrogen-bond acceptors (Lipinski definition) is 0. The van der Waals surface area contributed by atoms with E-state index in [-0.39, 0.29) is 0 Å². The molecule has 2 heteroatoms. The summed E-state index contributed by atoms with van der Waals surface area (Å²) in [5.74, 6) is 0.729. The van der Waals surface area contributed by atoms with E-state index in [9.17, 15) is 0 Å². The van der Waals surface area contributed by atoms with Crippen LogP contribution >= 0.6 is 11.6 Å². The number of rotatable bonds is 4. The van der Waals surface area contributed by atoms with Gasteiger partial charge in [0.05, 0.1) is 12.4 Å². The highest BCUT2D eigenvalue weighted by atomic mass is 35.5. The van der Waals surface area contributed by atoms with Crippen molar-refractivity contribution in [3.05, 3.63) is 35.9 Å². The lowest BCUT2D eigenvalue weighted by Gasteiger charge is -1.97. The highest BCUT2D eigenvalue weighted by Gasteiger charge is 1.91. The molecule has 1 rings (SSSR count). The van der Waals surface area contributed by atoms with Crippen molar-refractivity contribution in [2.75, 3.05) is 12.4 Å². The summed E-state index contributed by atoms with van der Waals surface area (Å²) in [5.41, 5.74) is 1.36. The van der Waals surface area contributed by atoms with Crippen LogP contribution in [-0.4, -0.2) is 12.4 Å². The van der Waals surface area contributed by atoms with Gasteiger partial charge in [-0.05, 0) is 0 Å². The Morgan fingerprint density at radius 1 is 1.18 bits per heavy atom. The van der Waals surface area contributed by atoms with Gasteiger partial charge in [0.1, 0.15) is 6.54 Å². The highest BCUT2D eigenvalue weighted by molar-refractivity contribution is 6.17. The van der Waals surface area contributed by atoms with Gasteiger partial charge < -0.3 is 5.32 Å². The summed E-state index contributed by atoms with van der Waals surface area (Å²) in [6.07, 6.45) is 0. The number of benzene rings is 1. The Hall–Kier alpha value is -0.530. The Balaban J connectivity index is 2.28.